The highest BCUT2D eigenvalue weighted by molar-refractivity contribution is 5.28. The fraction of sp³-hybridized carbons (Fsp3) is 0.792. The van der Waals surface area contributed by atoms with Gasteiger partial charge in [-0.05, 0) is 92.1 Å². The molecular weight excluding hydrogens is 368 g/mol. The molecule has 3 N–H and O–H groups in total. The normalized spacial score (nSPS) is 51.8. The van der Waals surface area contributed by atoms with Crippen LogP contribution >= 0.6 is 0 Å². The van der Waals surface area contributed by atoms with E-state index in [1.807, 2.05) is 6.07 Å². The molecule has 0 amide bonds. The van der Waals surface area contributed by atoms with Crippen molar-refractivity contribution in [1.29, 1.82) is 0 Å². The molecule has 4 aliphatic carbocycles. The third-order valence-electron chi connectivity index (χ3n) is 9.89. The summed E-state index contributed by atoms with van der Waals surface area (Å²) >= 11 is 0. The predicted octanol–water partition coefficient (Wildman–Crippen LogP) is 3.21. The van der Waals surface area contributed by atoms with Gasteiger partial charge in [-0.3, -0.25) is 0 Å². The van der Waals surface area contributed by atoms with Gasteiger partial charge in [-0.1, -0.05) is 13.8 Å². The highest BCUT2D eigenvalue weighted by atomic mass is 16.4. The Kier molecular flexibility index (Phi) is 4.37. The van der Waals surface area contributed by atoms with Crippen molar-refractivity contribution < 1.29 is 19.7 Å². The van der Waals surface area contributed by atoms with Crippen LogP contribution in [0.1, 0.15) is 76.7 Å². The summed E-state index contributed by atoms with van der Waals surface area (Å²) in [5.41, 5.74) is -0.681. The lowest BCUT2D eigenvalue weighted by molar-refractivity contribution is -0.239. The molecule has 0 aliphatic heterocycles. The molecule has 0 spiro atoms. The summed E-state index contributed by atoms with van der Waals surface area (Å²) in [6.45, 7) is 4.43. The fourth-order valence-corrected chi connectivity index (χ4v) is 8.41. The maximum Gasteiger partial charge on any atom is 0.335 e. The Bertz CT molecular complexity index is 829. The van der Waals surface area contributed by atoms with Crippen LogP contribution in [0, 0.1) is 28.6 Å². The second-order valence-corrected chi connectivity index (χ2v) is 10.9. The lowest BCUT2D eigenvalue weighted by Gasteiger charge is -2.65. The van der Waals surface area contributed by atoms with E-state index in [2.05, 4.69) is 13.8 Å². The third-order valence-corrected chi connectivity index (χ3v) is 9.89. The van der Waals surface area contributed by atoms with Crippen LogP contribution in [0.3, 0.4) is 0 Å². The molecule has 0 aromatic carbocycles. The molecule has 5 heteroatoms. The van der Waals surface area contributed by atoms with Crippen molar-refractivity contribution in [2.24, 2.45) is 28.6 Å². The fourth-order valence-electron chi connectivity index (χ4n) is 8.41. The van der Waals surface area contributed by atoms with Gasteiger partial charge in [0.2, 0.25) is 0 Å². The van der Waals surface area contributed by atoms with Crippen LogP contribution in [0.25, 0.3) is 0 Å². The summed E-state index contributed by atoms with van der Waals surface area (Å²) in [5.74, 6) is 0.662. The molecule has 0 saturated heterocycles. The zero-order chi connectivity index (χ0) is 20.6. The molecule has 1 heterocycles. The van der Waals surface area contributed by atoms with Crippen molar-refractivity contribution in [2.75, 3.05) is 0 Å². The minimum absolute atomic E-state index is 0.0176. The van der Waals surface area contributed by atoms with Crippen molar-refractivity contribution >= 4 is 0 Å². The van der Waals surface area contributed by atoms with E-state index in [0.717, 1.165) is 50.5 Å². The number of aliphatic hydroxyl groups is 3. The lowest BCUT2D eigenvalue weighted by atomic mass is 9.42. The van der Waals surface area contributed by atoms with Crippen molar-refractivity contribution in [3.63, 3.8) is 0 Å². The first kappa shape index (κ1) is 19.8. The highest BCUT2D eigenvalue weighted by Crippen LogP contribution is 2.70. The predicted molar refractivity (Wildman–Crippen MR) is 108 cm³/mol. The van der Waals surface area contributed by atoms with Crippen molar-refractivity contribution in [2.45, 2.75) is 88.9 Å². The topological polar surface area (TPSA) is 90.9 Å². The Balaban J connectivity index is 1.52. The zero-order valence-electron chi connectivity index (χ0n) is 17.5. The van der Waals surface area contributed by atoms with Crippen LogP contribution in [-0.2, 0) is 0 Å². The SMILES string of the molecule is C[C@]12CC[C@@H](O)C[C@@H]1CC[C@@H]1[C@@H]2[C@H](O)C[C@]2(C)[C@@H](c3ccc(=O)oc3)CC[C@@]12O. The largest absolute Gasteiger partial charge is 0.431 e. The van der Waals surface area contributed by atoms with Crippen molar-refractivity contribution in [1.82, 2.24) is 0 Å². The minimum atomic E-state index is -0.818. The molecule has 4 saturated carbocycles. The van der Waals surface area contributed by atoms with Gasteiger partial charge < -0.3 is 19.7 Å². The maximum atomic E-state index is 12.2. The molecule has 0 radical (unpaired) electrons. The molecular formula is C24H34O5. The molecule has 4 aliphatic rings. The van der Waals surface area contributed by atoms with Gasteiger partial charge in [-0.2, -0.15) is 0 Å². The molecule has 1 aromatic rings. The van der Waals surface area contributed by atoms with Gasteiger partial charge >= 0.3 is 5.63 Å². The second kappa shape index (κ2) is 6.41. The summed E-state index contributed by atoms with van der Waals surface area (Å²) in [7, 11) is 0. The van der Waals surface area contributed by atoms with Crippen LogP contribution in [0.5, 0.6) is 0 Å². The van der Waals surface area contributed by atoms with Crippen molar-refractivity contribution in [3.8, 4) is 0 Å². The monoisotopic (exact) mass is 402 g/mol. The summed E-state index contributed by atoms with van der Waals surface area (Å²) in [6.07, 6.45) is 7.49. The molecule has 160 valence electrons. The summed E-state index contributed by atoms with van der Waals surface area (Å²) in [5, 5.41) is 33.8. The third kappa shape index (κ3) is 2.60. The summed E-state index contributed by atoms with van der Waals surface area (Å²) < 4.78 is 5.14. The first-order chi connectivity index (χ1) is 13.7. The molecule has 4 fully saturated rings. The molecule has 5 rings (SSSR count). The quantitative estimate of drug-likeness (QED) is 0.671. The number of hydrogen-bond donors (Lipinski definition) is 3. The molecule has 0 unspecified atom stereocenters. The number of rotatable bonds is 1. The summed E-state index contributed by atoms with van der Waals surface area (Å²) in [4.78, 5) is 11.4. The Morgan fingerprint density at radius 3 is 2.59 bits per heavy atom. The van der Waals surface area contributed by atoms with E-state index in [1.54, 1.807) is 6.26 Å². The van der Waals surface area contributed by atoms with Crippen LogP contribution in [0.2, 0.25) is 0 Å². The van der Waals surface area contributed by atoms with Gasteiger partial charge in [-0.15, -0.1) is 0 Å². The first-order valence-corrected chi connectivity index (χ1v) is 11.4. The van der Waals surface area contributed by atoms with E-state index in [4.69, 9.17) is 4.42 Å². The Hall–Kier alpha value is -1.17. The lowest BCUT2D eigenvalue weighted by Crippen LogP contribution is -2.66. The van der Waals surface area contributed by atoms with Gasteiger partial charge in [0.05, 0.1) is 24.1 Å². The number of aliphatic hydroxyl groups excluding tert-OH is 2. The second-order valence-electron chi connectivity index (χ2n) is 10.9. The Labute approximate surface area is 172 Å². The number of fused-ring (bicyclic) bond motifs is 5. The van der Waals surface area contributed by atoms with Gasteiger partial charge in [0.1, 0.15) is 0 Å². The Morgan fingerprint density at radius 2 is 1.86 bits per heavy atom. The van der Waals surface area contributed by atoms with E-state index in [9.17, 15) is 20.1 Å². The Morgan fingerprint density at radius 1 is 1.07 bits per heavy atom. The zero-order valence-corrected chi connectivity index (χ0v) is 17.5. The van der Waals surface area contributed by atoms with E-state index in [1.165, 1.54) is 6.07 Å². The average Bonchev–Trinajstić information content (AvgIpc) is 2.94. The molecule has 1 aromatic heterocycles. The smallest absolute Gasteiger partial charge is 0.335 e. The molecule has 9 atom stereocenters. The molecule has 5 nitrogen and oxygen atoms in total. The van der Waals surface area contributed by atoms with Gasteiger partial charge in [0.25, 0.3) is 0 Å². The van der Waals surface area contributed by atoms with Crippen LogP contribution in [0.15, 0.2) is 27.6 Å². The van der Waals surface area contributed by atoms with Crippen molar-refractivity contribution in [3.05, 3.63) is 34.4 Å². The van der Waals surface area contributed by atoms with E-state index in [-0.39, 0.29) is 34.9 Å². The maximum absolute atomic E-state index is 12.2. The first-order valence-electron chi connectivity index (χ1n) is 11.4. The van der Waals surface area contributed by atoms with Gasteiger partial charge in [0, 0.05) is 11.5 Å². The van der Waals surface area contributed by atoms with Crippen LogP contribution in [0.4, 0.5) is 0 Å². The van der Waals surface area contributed by atoms with E-state index < -0.39 is 17.1 Å². The van der Waals surface area contributed by atoms with Gasteiger partial charge in [-0.25, -0.2) is 4.79 Å². The van der Waals surface area contributed by atoms with Gasteiger partial charge in [0.15, 0.2) is 0 Å². The van der Waals surface area contributed by atoms with Crippen LogP contribution in [-0.4, -0.2) is 33.1 Å². The average molecular weight is 403 g/mol. The minimum Gasteiger partial charge on any atom is -0.431 e. The highest BCUT2D eigenvalue weighted by Gasteiger charge is 2.69. The summed E-state index contributed by atoms with van der Waals surface area (Å²) in [6, 6.07) is 3.28. The van der Waals surface area contributed by atoms with E-state index in [0.29, 0.717) is 12.3 Å². The van der Waals surface area contributed by atoms with Crippen LogP contribution < -0.4 is 5.63 Å². The van der Waals surface area contributed by atoms with E-state index >= 15 is 0 Å². The number of hydrogen-bond acceptors (Lipinski definition) is 5. The molecule has 0 bridgehead atoms. The standard InChI is InChI=1S/C24H34O5/c1-22-9-7-16(25)11-15(22)4-5-18-21(22)19(26)12-23(2)17(8-10-24(18,23)28)14-3-6-20(27)29-13-14/h3,6,13,15-19,21,25-26,28H,4-5,7-12H2,1-2H3/t15-,16+,17+,18+,19+,21+,22-,23+,24+/m0/s1. The molecule has 29 heavy (non-hydrogen) atoms.